The summed E-state index contributed by atoms with van der Waals surface area (Å²) in [5, 5.41) is 2.89. The molecule has 1 heterocycles. The summed E-state index contributed by atoms with van der Waals surface area (Å²) in [4.78, 5) is 25.4. The number of nitrogens with one attached hydrogen (secondary N) is 1. The second kappa shape index (κ2) is 7.25. The van der Waals surface area contributed by atoms with Crippen molar-refractivity contribution in [2.24, 2.45) is 0 Å². The van der Waals surface area contributed by atoms with E-state index in [4.69, 9.17) is 9.47 Å². The minimum atomic E-state index is -0.103. The van der Waals surface area contributed by atoms with Crippen molar-refractivity contribution >= 4 is 17.5 Å². The maximum atomic E-state index is 12.2. The zero-order valence-electron chi connectivity index (χ0n) is 14.2. The lowest BCUT2D eigenvalue weighted by atomic mass is 10.1. The Kier molecular flexibility index (Phi) is 4.88. The Bertz CT molecular complexity index is 787. The molecule has 0 saturated heterocycles. The van der Waals surface area contributed by atoms with Gasteiger partial charge in [0, 0.05) is 13.6 Å². The third kappa shape index (κ3) is 3.91. The molecule has 0 aliphatic carbocycles. The normalized spacial score (nSPS) is 13.0. The van der Waals surface area contributed by atoms with Gasteiger partial charge in [-0.1, -0.05) is 18.2 Å². The fraction of sp³-hybridized carbons (Fsp3) is 0.263. The molecule has 0 saturated carbocycles. The standard InChI is InChI=1S/C19H20N2O4/c1-21-16-9-14(5-8-17(16)25-12-19(21)23)10-18(22)20-11-13-3-6-15(24-2)7-4-13/h3-9H,10-12H2,1-2H3,(H,20,22). The summed E-state index contributed by atoms with van der Waals surface area (Å²) in [6.07, 6.45) is 0.242. The Hall–Kier alpha value is -3.02. The van der Waals surface area contributed by atoms with Gasteiger partial charge in [-0.15, -0.1) is 0 Å². The number of carbonyl (C=O) groups excluding carboxylic acids is 2. The molecule has 3 rings (SSSR count). The Morgan fingerprint density at radius 3 is 2.64 bits per heavy atom. The van der Waals surface area contributed by atoms with Crippen LogP contribution in [0.5, 0.6) is 11.5 Å². The molecule has 2 aromatic rings. The summed E-state index contributed by atoms with van der Waals surface area (Å²) in [5.41, 5.74) is 2.52. The van der Waals surface area contributed by atoms with Gasteiger partial charge < -0.3 is 19.7 Å². The molecule has 6 nitrogen and oxygen atoms in total. The van der Waals surface area contributed by atoms with Gasteiger partial charge in [-0.2, -0.15) is 0 Å². The molecule has 25 heavy (non-hydrogen) atoms. The Morgan fingerprint density at radius 2 is 1.92 bits per heavy atom. The number of benzene rings is 2. The zero-order chi connectivity index (χ0) is 17.8. The number of nitrogens with zero attached hydrogens (tertiary/aromatic N) is 1. The molecule has 1 N–H and O–H groups in total. The number of rotatable bonds is 5. The molecule has 1 aliphatic rings. The molecule has 2 amide bonds. The molecule has 2 aromatic carbocycles. The first-order chi connectivity index (χ1) is 12.1. The highest BCUT2D eigenvalue weighted by molar-refractivity contribution is 5.97. The molecule has 0 atom stereocenters. The first-order valence-electron chi connectivity index (χ1n) is 7.99. The van der Waals surface area contributed by atoms with Crippen LogP contribution in [-0.2, 0) is 22.6 Å². The molecule has 0 spiro atoms. The van der Waals surface area contributed by atoms with E-state index in [1.165, 1.54) is 0 Å². The number of methoxy groups -OCH3 is 1. The molecule has 0 radical (unpaired) electrons. The molecule has 0 bridgehead atoms. The maximum Gasteiger partial charge on any atom is 0.264 e. The third-order valence-corrected chi connectivity index (χ3v) is 4.12. The van der Waals surface area contributed by atoms with Gasteiger partial charge in [0.2, 0.25) is 5.91 Å². The van der Waals surface area contributed by atoms with E-state index in [9.17, 15) is 9.59 Å². The molecule has 0 unspecified atom stereocenters. The lowest BCUT2D eigenvalue weighted by Gasteiger charge is -2.26. The number of likely N-dealkylation sites (N-methyl/N-ethyl adjacent to an activating group) is 1. The number of ether oxygens (including phenoxy) is 2. The molecule has 0 fully saturated rings. The smallest absolute Gasteiger partial charge is 0.264 e. The van der Waals surface area contributed by atoms with Gasteiger partial charge in [0.25, 0.3) is 5.91 Å². The van der Waals surface area contributed by atoms with E-state index in [1.54, 1.807) is 25.1 Å². The van der Waals surface area contributed by atoms with Crippen molar-refractivity contribution in [1.82, 2.24) is 5.32 Å². The van der Waals surface area contributed by atoms with Crippen molar-refractivity contribution < 1.29 is 19.1 Å². The molecule has 1 aliphatic heterocycles. The fourth-order valence-corrected chi connectivity index (χ4v) is 2.62. The Balaban J connectivity index is 1.60. The second-order valence-corrected chi connectivity index (χ2v) is 5.85. The summed E-state index contributed by atoms with van der Waals surface area (Å²) < 4.78 is 10.5. The average molecular weight is 340 g/mol. The monoisotopic (exact) mass is 340 g/mol. The number of amides is 2. The number of hydrogen-bond donors (Lipinski definition) is 1. The summed E-state index contributed by atoms with van der Waals surface area (Å²) in [6, 6.07) is 13.0. The SMILES string of the molecule is COc1ccc(CNC(=O)Cc2ccc3c(c2)N(C)C(=O)CO3)cc1. The van der Waals surface area contributed by atoms with Crippen LogP contribution in [0, 0.1) is 0 Å². The molecule has 6 heteroatoms. The lowest BCUT2D eigenvalue weighted by Crippen LogP contribution is -2.35. The zero-order valence-corrected chi connectivity index (χ0v) is 14.2. The van der Waals surface area contributed by atoms with Gasteiger partial charge in [0.15, 0.2) is 6.61 Å². The highest BCUT2D eigenvalue weighted by atomic mass is 16.5. The molecule has 130 valence electrons. The van der Waals surface area contributed by atoms with E-state index in [1.807, 2.05) is 36.4 Å². The highest BCUT2D eigenvalue weighted by Crippen LogP contribution is 2.32. The fourth-order valence-electron chi connectivity index (χ4n) is 2.62. The predicted molar refractivity (Wildman–Crippen MR) is 93.9 cm³/mol. The van der Waals surface area contributed by atoms with Gasteiger partial charge in [-0.3, -0.25) is 9.59 Å². The van der Waals surface area contributed by atoms with Crippen molar-refractivity contribution in [1.29, 1.82) is 0 Å². The largest absolute Gasteiger partial charge is 0.497 e. The van der Waals surface area contributed by atoms with E-state index in [0.717, 1.165) is 16.9 Å². The second-order valence-electron chi connectivity index (χ2n) is 5.85. The van der Waals surface area contributed by atoms with E-state index in [-0.39, 0.29) is 24.8 Å². The van der Waals surface area contributed by atoms with E-state index >= 15 is 0 Å². The topological polar surface area (TPSA) is 67.9 Å². The molecular weight excluding hydrogens is 320 g/mol. The van der Waals surface area contributed by atoms with Gasteiger partial charge in [-0.25, -0.2) is 0 Å². The number of anilines is 1. The third-order valence-electron chi connectivity index (χ3n) is 4.12. The molecule has 0 aromatic heterocycles. The van der Waals surface area contributed by atoms with Crippen LogP contribution in [0.4, 0.5) is 5.69 Å². The predicted octanol–water partition coefficient (Wildman–Crippen LogP) is 1.91. The molecular formula is C19H20N2O4. The van der Waals surface area contributed by atoms with Crippen LogP contribution in [-0.4, -0.2) is 32.6 Å². The first-order valence-corrected chi connectivity index (χ1v) is 7.99. The van der Waals surface area contributed by atoms with Crippen LogP contribution in [0.2, 0.25) is 0 Å². The average Bonchev–Trinajstić information content (AvgIpc) is 2.64. The van der Waals surface area contributed by atoms with Crippen molar-refractivity contribution in [2.75, 3.05) is 25.7 Å². The van der Waals surface area contributed by atoms with Crippen LogP contribution >= 0.6 is 0 Å². The Morgan fingerprint density at radius 1 is 1.20 bits per heavy atom. The first kappa shape index (κ1) is 16.8. The van der Waals surface area contributed by atoms with Crippen LogP contribution < -0.4 is 19.7 Å². The van der Waals surface area contributed by atoms with Crippen molar-refractivity contribution in [2.45, 2.75) is 13.0 Å². The van der Waals surface area contributed by atoms with Crippen LogP contribution in [0.15, 0.2) is 42.5 Å². The number of hydrogen-bond acceptors (Lipinski definition) is 4. The highest BCUT2D eigenvalue weighted by Gasteiger charge is 2.22. The van der Waals surface area contributed by atoms with Crippen molar-refractivity contribution in [3.63, 3.8) is 0 Å². The van der Waals surface area contributed by atoms with Crippen LogP contribution in [0.3, 0.4) is 0 Å². The van der Waals surface area contributed by atoms with Crippen molar-refractivity contribution in [3.05, 3.63) is 53.6 Å². The summed E-state index contributed by atoms with van der Waals surface area (Å²) in [5.74, 6) is 1.25. The van der Waals surface area contributed by atoms with Crippen LogP contribution in [0.1, 0.15) is 11.1 Å². The maximum absolute atomic E-state index is 12.2. The Labute approximate surface area is 146 Å². The van der Waals surface area contributed by atoms with E-state index in [2.05, 4.69) is 5.32 Å². The lowest BCUT2D eigenvalue weighted by molar-refractivity contribution is -0.121. The number of fused-ring (bicyclic) bond motifs is 1. The van der Waals surface area contributed by atoms with Crippen molar-refractivity contribution in [3.8, 4) is 11.5 Å². The summed E-state index contributed by atoms with van der Waals surface area (Å²) in [7, 11) is 3.32. The quantitative estimate of drug-likeness (QED) is 0.903. The van der Waals surface area contributed by atoms with Gasteiger partial charge >= 0.3 is 0 Å². The minimum Gasteiger partial charge on any atom is -0.497 e. The van der Waals surface area contributed by atoms with E-state index in [0.29, 0.717) is 18.0 Å². The van der Waals surface area contributed by atoms with Crippen LogP contribution in [0.25, 0.3) is 0 Å². The van der Waals surface area contributed by atoms with Gasteiger partial charge in [0.05, 0.1) is 19.2 Å². The number of carbonyl (C=O) groups is 2. The van der Waals surface area contributed by atoms with Gasteiger partial charge in [0.1, 0.15) is 11.5 Å². The van der Waals surface area contributed by atoms with Gasteiger partial charge in [-0.05, 0) is 35.4 Å². The van der Waals surface area contributed by atoms with E-state index < -0.39 is 0 Å². The summed E-state index contributed by atoms with van der Waals surface area (Å²) in [6.45, 7) is 0.500. The minimum absolute atomic E-state index is 0.0468. The summed E-state index contributed by atoms with van der Waals surface area (Å²) >= 11 is 0.